The largest absolute Gasteiger partial charge is 0.486 e. The van der Waals surface area contributed by atoms with E-state index in [9.17, 15) is 0 Å². The fourth-order valence-corrected chi connectivity index (χ4v) is 2.75. The molecule has 1 fully saturated rings. The van der Waals surface area contributed by atoms with E-state index in [0.29, 0.717) is 25.8 Å². The van der Waals surface area contributed by atoms with Gasteiger partial charge in [0.1, 0.15) is 13.2 Å². The van der Waals surface area contributed by atoms with Crippen LogP contribution in [0.5, 0.6) is 11.5 Å². The normalized spacial score (nSPS) is 22.7. The Hall–Kier alpha value is -1.73. The van der Waals surface area contributed by atoms with Crippen LogP contribution >= 0.6 is 0 Å². The van der Waals surface area contributed by atoms with E-state index in [1.165, 1.54) is 5.56 Å². The first-order valence-electron chi connectivity index (χ1n) is 6.39. The van der Waals surface area contributed by atoms with Crippen LogP contribution in [0.15, 0.2) is 18.2 Å². The van der Waals surface area contributed by atoms with E-state index >= 15 is 0 Å². The lowest BCUT2D eigenvalue weighted by Crippen LogP contribution is -2.23. The Morgan fingerprint density at radius 2 is 2.11 bits per heavy atom. The van der Waals surface area contributed by atoms with Crippen molar-refractivity contribution in [1.29, 1.82) is 5.26 Å². The third-order valence-corrected chi connectivity index (χ3v) is 3.59. The number of likely N-dealkylation sites (tertiary alicyclic amines) is 1. The minimum absolute atomic E-state index is 0.348. The highest BCUT2D eigenvalue weighted by Gasteiger charge is 2.26. The number of nitrogens with zero attached hydrogens (tertiary/aromatic N) is 2. The molecule has 0 amide bonds. The molecule has 1 atom stereocenters. The lowest BCUT2D eigenvalue weighted by Gasteiger charge is -2.24. The van der Waals surface area contributed by atoms with E-state index < -0.39 is 0 Å². The average Bonchev–Trinajstić information content (AvgIpc) is 2.87. The zero-order valence-corrected chi connectivity index (χ0v) is 10.3. The van der Waals surface area contributed by atoms with E-state index in [1.807, 2.05) is 6.07 Å². The summed E-state index contributed by atoms with van der Waals surface area (Å²) in [6.07, 6.45) is 2.27. The first-order chi connectivity index (χ1) is 8.88. The highest BCUT2D eigenvalue weighted by molar-refractivity contribution is 5.44. The Bertz CT molecular complexity index is 481. The molecule has 0 aliphatic carbocycles. The summed E-state index contributed by atoms with van der Waals surface area (Å²) in [5.41, 5.74) is 1.23. The highest BCUT2D eigenvalue weighted by atomic mass is 16.6. The molecule has 2 aliphatic heterocycles. The molecule has 18 heavy (non-hydrogen) atoms. The molecule has 1 aromatic rings. The van der Waals surface area contributed by atoms with Crippen LogP contribution in [0.4, 0.5) is 0 Å². The smallest absolute Gasteiger partial charge is 0.161 e. The van der Waals surface area contributed by atoms with Gasteiger partial charge in [-0.3, -0.25) is 4.90 Å². The van der Waals surface area contributed by atoms with Crippen molar-refractivity contribution >= 4 is 0 Å². The van der Waals surface area contributed by atoms with E-state index in [0.717, 1.165) is 30.9 Å². The van der Waals surface area contributed by atoms with Gasteiger partial charge in [0.05, 0.1) is 12.6 Å². The van der Waals surface area contributed by atoms with Crippen molar-refractivity contribution in [2.45, 2.75) is 18.9 Å². The summed E-state index contributed by atoms with van der Waals surface area (Å²) in [5, 5.41) is 8.85. The van der Waals surface area contributed by atoms with Crippen molar-refractivity contribution < 1.29 is 9.47 Å². The van der Waals surface area contributed by atoms with Gasteiger partial charge in [-0.15, -0.1) is 0 Å². The third-order valence-electron chi connectivity index (χ3n) is 3.59. The van der Waals surface area contributed by atoms with Crippen LogP contribution < -0.4 is 9.47 Å². The molecule has 0 bridgehead atoms. The zero-order valence-electron chi connectivity index (χ0n) is 10.3. The highest BCUT2D eigenvalue weighted by Crippen LogP contribution is 2.37. The number of ether oxygens (including phenoxy) is 2. The van der Waals surface area contributed by atoms with Crippen LogP contribution in [0.2, 0.25) is 0 Å². The second kappa shape index (κ2) is 4.87. The van der Waals surface area contributed by atoms with Gasteiger partial charge in [-0.2, -0.15) is 5.26 Å². The van der Waals surface area contributed by atoms with Gasteiger partial charge >= 0.3 is 0 Å². The number of fused-ring (bicyclic) bond motifs is 1. The third kappa shape index (κ3) is 2.02. The summed E-state index contributed by atoms with van der Waals surface area (Å²) in [6, 6.07) is 8.72. The Morgan fingerprint density at radius 1 is 1.28 bits per heavy atom. The van der Waals surface area contributed by atoms with Crippen LogP contribution in [0.3, 0.4) is 0 Å². The first-order valence-corrected chi connectivity index (χ1v) is 6.39. The van der Waals surface area contributed by atoms with Gasteiger partial charge in [-0.1, -0.05) is 6.07 Å². The number of benzene rings is 1. The molecule has 0 spiro atoms. The van der Waals surface area contributed by atoms with Gasteiger partial charge in [0.15, 0.2) is 11.5 Å². The molecule has 0 aromatic heterocycles. The fourth-order valence-electron chi connectivity index (χ4n) is 2.75. The molecule has 1 saturated heterocycles. The van der Waals surface area contributed by atoms with Gasteiger partial charge in [0.2, 0.25) is 0 Å². The minimum atomic E-state index is 0.348. The van der Waals surface area contributed by atoms with E-state index in [2.05, 4.69) is 23.1 Å². The van der Waals surface area contributed by atoms with Crippen LogP contribution in [0.25, 0.3) is 0 Å². The predicted octanol–water partition coefficient (Wildman–Crippen LogP) is 2.12. The minimum Gasteiger partial charge on any atom is -0.486 e. The molecule has 2 aliphatic rings. The molecular formula is C14H16N2O2. The van der Waals surface area contributed by atoms with Crippen molar-refractivity contribution in [3.63, 3.8) is 0 Å². The average molecular weight is 244 g/mol. The monoisotopic (exact) mass is 244 g/mol. The Labute approximate surface area is 107 Å². The summed E-state index contributed by atoms with van der Waals surface area (Å²) >= 11 is 0. The van der Waals surface area contributed by atoms with E-state index in [4.69, 9.17) is 14.7 Å². The molecule has 94 valence electrons. The zero-order chi connectivity index (χ0) is 12.4. The maximum Gasteiger partial charge on any atom is 0.161 e. The van der Waals surface area contributed by atoms with Crippen LogP contribution in [0.1, 0.15) is 24.4 Å². The summed E-state index contributed by atoms with van der Waals surface area (Å²) in [5.74, 6) is 1.66. The van der Waals surface area contributed by atoms with Gasteiger partial charge in [-0.05, 0) is 37.1 Å². The van der Waals surface area contributed by atoms with Crippen molar-refractivity contribution in [2.75, 3.05) is 26.3 Å². The first kappa shape index (κ1) is 11.4. The lowest BCUT2D eigenvalue weighted by atomic mass is 10.0. The molecule has 0 N–H and O–H groups in total. The molecule has 1 aromatic carbocycles. The molecule has 4 nitrogen and oxygen atoms in total. The van der Waals surface area contributed by atoms with Crippen LogP contribution in [-0.2, 0) is 0 Å². The molecule has 2 heterocycles. The van der Waals surface area contributed by atoms with Crippen LogP contribution in [-0.4, -0.2) is 31.2 Å². The summed E-state index contributed by atoms with van der Waals surface area (Å²) in [6.45, 7) is 2.74. The Morgan fingerprint density at radius 3 is 2.94 bits per heavy atom. The number of nitriles is 1. The SMILES string of the molecule is N#CCN1CCCC1c1ccc2c(c1)OCCO2. The predicted molar refractivity (Wildman–Crippen MR) is 66.6 cm³/mol. The topological polar surface area (TPSA) is 45.5 Å². The molecule has 0 radical (unpaired) electrons. The number of hydrogen-bond acceptors (Lipinski definition) is 4. The fraction of sp³-hybridized carbons (Fsp3) is 0.500. The van der Waals surface area contributed by atoms with E-state index in [1.54, 1.807) is 0 Å². The van der Waals surface area contributed by atoms with Crippen molar-refractivity contribution in [2.24, 2.45) is 0 Å². The van der Waals surface area contributed by atoms with Gasteiger partial charge in [0.25, 0.3) is 0 Å². The second-order valence-corrected chi connectivity index (χ2v) is 4.69. The summed E-state index contributed by atoms with van der Waals surface area (Å²) < 4.78 is 11.1. The van der Waals surface area contributed by atoms with Crippen molar-refractivity contribution in [3.05, 3.63) is 23.8 Å². The standard InChI is InChI=1S/C14H16N2O2/c15-5-7-16-6-1-2-12(16)11-3-4-13-14(10-11)18-9-8-17-13/h3-4,10,12H,1-2,6-9H2. The lowest BCUT2D eigenvalue weighted by molar-refractivity contribution is 0.171. The van der Waals surface area contributed by atoms with Gasteiger partial charge in [0, 0.05) is 6.04 Å². The van der Waals surface area contributed by atoms with Gasteiger partial charge < -0.3 is 9.47 Å². The number of hydrogen-bond donors (Lipinski definition) is 0. The van der Waals surface area contributed by atoms with Crippen molar-refractivity contribution in [3.8, 4) is 17.6 Å². The molecule has 0 saturated carbocycles. The maximum absolute atomic E-state index is 8.85. The van der Waals surface area contributed by atoms with Crippen molar-refractivity contribution in [1.82, 2.24) is 4.90 Å². The second-order valence-electron chi connectivity index (χ2n) is 4.69. The Kier molecular flexibility index (Phi) is 3.07. The Balaban J connectivity index is 1.85. The number of rotatable bonds is 2. The quantitative estimate of drug-likeness (QED) is 0.747. The van der Waals surface area contributed by atoms with E-state index in [-0.39, 0.29) is 0 Å². The molecule has 1 unspecified atom stereocenters. The summed E-state index contributed by atoms with van der Waals surface area (Å²) in [7, 11) is 0. The van der Waals surface area contributed by atoms with Gasteiger partial charge in [-0.25, -0.2) is 0 Å². The maximum atomic E-state index is 8.85. The molecule has 4 heteroatoms. The summed E-state index contributed by atoms with van der Waals surface area (Å²) in [4.78, 5) is 2.23. The molecular weight excluding hydrogens is 228 g/mol. The van der Waals surface area contributed by atoms with Crippen LogP contribution in [0, 0.1) is 11.3 Å². The molecule has 3 rings (SSSR count).